The zero-order valence-electron chi connectivity index (χ0n) is 10.3. The molecule has 0 unspecified atom stereocenters. The SMILES string of the molecule is NCC1(c2nccc(-c3cccc(F)c3)n2)COC1. The van der Waals surface area contributed by atoms with E-state index in [-0.39, 0.29) is 11.2 Å². The molecule has 98 valence electrons. The van der Waals surface area contributed by atoms with E-state index in [1.807, 2.05) is 6.07 Å². The second kappa shape index (κ2) is 4.68. The van der Waals surface area contributed by atoms with Gasteiger partial charge in [-0.2, -0.15) is 0 Å². The van der Waals surface area contributed by atoms with Crippen LogP contribution in [0.1, 0.15) is 5.82 Å². The Hall–Kier alpha value is -1.85. The third-order valence-corrected chi connectivity index (χ3v) is 3.40. The molecule has 0 amide bonds. The molecule has 0 atom stereocenters. The van der Waals surface area contributed by atoms with Crippen molar-refractivity contribution < 1.29 is 9.13 Å². The summed E-state index contributed by atoms with van der Waals surface area (Å²) in [6.07, 6.45) is 1.68. The molecule has 2 aromatic rings. The van der Waals surface area contributed by atoms with Crippen molar-refractivity contribution in [2.75, 3.05) is 19.8 Å². The molecule has 5 heteroatoms. The van der Waals surface area contributed by atoms with Gasteiger partial charge in [0.15, 0.2) is 0 Å². The Morgan fingerprint density at radius 3 is 2.79 bits per heavy atom. The summed E-state index contributed by atoms with van der Waals surface area (Å²) in [5, 5.41) is 0. The summed E-state index contributed by atoms with van der Waals surface area (Å²) >= 11 is 0. The van der Waals surface area contributed by atoms with Crippen molar-refractivity contribution in [2.24, 2.45) is 5.73 Å². The number of nitrogens with zero attached hydrogens (tertiary/aromatic N) is 2. The molecule has 1 aromatic carbocycles. The van der Waals surface area contributed by atoms with Crippen LogP contribution in [0.15, 0.2) is 36.5 Å². The molecule has 0 spiro atoms. The van der Waals surface area contributed by atoms with Crippen LogP contribution in [0.5, 0.6) is 0 Å². The van der Waals surface area contributed by atoms with Crippen molar-refractivity contribution in [1.82, 2.24) is 9.97 Å². The highest BCUT2D eigenvalue weighted by Gasteiger charge is 2.42. The van der Waals surface area contributed by atoms with Crippen molar-refractivity contribution in [3.8, 4) is 11.3 Å². The number of hydrogen-bond donors (Lipinski definition) is 1. The van der Waals surface area contributed by atoms with Crippen molar-refractivity contribution in [3.63, 3.8) is 0 Å². The summed E-state index contributed by atoms with van der Waals surface area (Å²) < 4.78 is 18.5. The van der Waals surface area contributed by atoms with E-state index in [1.165, 1.54) is 12.1 Å². The van der Waals surface area contributed by atoms with Gasteiger partial charge >= 0.3 is 0 Å². The van der Waals surface area contributed by atoms with Crippen LogP contribution < -0.4 is 5.73 Å². The van der Waals surface area contributed by atoms with E-state index in [4.69, 9.17) is 10.5 Å². The summed E-state index contributed by atoms with van der Waals surface area (Å²) in [4.78, 5) is 8.80. The number of aromatic nitrogens is 2. The maximum atomic E-state index is 13.2. The minimum Gasteiger partial charge on any atom is -0.379 e. The third kappa shape index (κ3) is 2.11. The number of benzene rings is 1. The van der Waals surface area contributed by atoms with Crippen molar-refractivity contribution in [3.05, 3.63) is 48.2 Å². The molecule has 1 saturated heterocycles. The Morgan fingerprint density at radius 1 is 1.32 bits per heavy atom. The topological polar surface area (TPSA) is 61.0 Å². The lowest BCUT2D eigenvalue weighted by Gasteiger charge is -2.38. The maximum Gasteiger partial charge on any atom is 0.141 e. The largest absolute Gasteiger partial charge is 0.379 e. The van der Waals surface area contributed by atoms with Crippen LogP contribution in [0.2, 0.25) is 0 Å². The zero-order valence-corrected chi connectivity index (χ0v) is 10.3. The Bertz CT molecular complexity index is 593. The minimum atomic E-state index is -0.288. The van der Waals surface area contributed by atoms with E-state index in [9.17, 15) is 4.39 Å². The molecule has 1 aliphatic rings. The number of hydrogen-bond acceptors (Lipinski definition) is 4. The predicted octanol–water partition coefficient (Wildman–Crippen LogP) is 1.51. The van der Waals surface area contributed by atoms with E-state index < -0.39 is 0 Å². The molecule has 1 fully saturated rings. The van der Waals surface area contributed by atoms with E-state index >= 15 is 0 Å². The van der Waals surface area contributed by atoms with Gasteiger partial charge < -0.3 is 10.5 Å². The van der Waals surface area contributed by atoms with Gasteiger partial charge in [-0.1, -0.05) is 12.1 Å². The van der Waals surface area contributed by atoms with Gasteiger partial charge in [0.25, 0.3) is 0 Å². The van der Waals surface area contributed by atoms with Crippen molar-refractivity contribution in [2.45, 2.75) is 5.41 Å². The van der Waals surface area contributed by atoms with E-state index in [1.54, 1.807) is 18.3 Å². The highest BCUT2D eigenvalue weighted by molar-refractivity contribution is 5.58. The second-order valence-corrected chi connectivity index (χ2v) is 4.75. The van der Waals surface area contributed by atoms with E-state index in [2.05, 4.69) is 9.97 Å². The van der Waals surface area contributed by atoms with Crippen LogP contribution in [0, 0.1) is 5.82 Å². The highest BCUT2D eigenvalue weighted by atomic mass is 19.1. The number of nitrogens with two attached hydrogens (primary N) is 1. The standard InChI is InChI=1S/C14H14FN3O/c15-11-3-1-2-10(6-11)12-4-5-17-13(18-12)14(7-16)8-19-9-14/h1-6H,7-9,16H2. The molecule has 3 rings (SSSR count). The first kappa shape index (κ1) is 12.2. The van der Waals surface area contributed by atoms with Gasteiger partial charge in [-0.15, -0.1) is 0 Å². The Balaban J connectivity index is 2.00. The van der Waals surface area contributed by atoms with E-state index in [0.717, 1.165) is 5.56 Å². The fraction of sp³-hybridized carbons (Fsp3) is 0.286. The average molecular weight is 259 g/mol. The highest BCUT2D eigenvalue weighted by Crippen LogP contribution is 2.29. The lowest BCUT2D eigenvalue weighted by Crippen LogP contribution is -2.53. The number of rotatable bonds is 3. The molecule has 4 nitrogen and oxygen atoms in total. The van der Waals surface area contributed by atoms with Crippen LogP contribution in [0.4, 0.5) is 4.39 Å². The molecule has 0 aliphatic carbocycles. The van der Waals surface area contributed by atoms with Gasteiger partial charge in [-0.25, -0.2) is 14.4 Å². The molecule has 2 heterocycles. The molecule has 1 aliphatic heterocycles. The fourth-order valence-corrected chi connectivity index (χ4v) is 2.11. The molecule has 0 bridgehead atoms. The van der Waals surface area contributed by atoms with Gasteiger partial charge in [0, 0.05) is 18.3 Å². The molecule has 0 saturated carbocycles. The third-order valence-electron chi connectivity index (χ3n) is 3.40. The van der Waals surface area contributed by atoms with Crippen LogP contribution in [0.25, 0.3) is 11.3 Å². The number of ether oxygens (including phenoxy) is 1. The minimum absolute atomic E-state index is 0.279. The van der Waals surface area contributed by atoms with Gasteiger partial charge in [0.1, 0.15) is 11.6 Å². The van der Waals surface area contributed by atoms with E-state index in [0.29, 0.717) is 31.3 Å². The first-order valence-corrected chi connectivity index (χ1v) is 6.11. The second-order valence-electron chi connectivity index (χ2n) is 4.75. The van der Waals surface area contributed by atoms with Gasteiger partial charge in [-0.05, 0) is 18.2 Å². The van der Waals surface area contributed by atoms with Crippen LogP contribution >= 0.6 is 0 Å². The first-order valence-electron chi connectivity index (χ1n) is 6.11. The average Bonchev–Trinajstić information content (AvgIpc) is 2.39. The molecule has 0 radical (unpaired) electrons. The number of halogens is 1. The molecular formula is C14H14FN3O. The lowest BCUT2D eigenvalue weighted by molar-refractivity contribution is -0.0593. The summed E-state index contributed by atoms with van der Waals surface area (Å²) in [7, 11) is 0. The monoisotopic (exact) mass is 259 g/mol. The Morgan fingerprint density at radius 2 is 2.16 bits per heavy atom. The van der Waals surface area contributed by atoms with Gasteiger partial charge in [0.05, 0.1) is 24.3 Å². The summed E-state index contributed by atoms with van der Waals surface area (Å²) in [5.41, 5.74) is 6.94. The Kier molecular flexibility index (Phi) is 3.00. The van der Waals surface area contributed by atoms with Crippen molar-refractivity contribution in [1.29, 1.82) is 0 Å². The smallest absolute Gasteiger partial charge is 0.141 e. The molecule has 2 N–H and O–H groups in total. The first-order chi connectivity index (χ1) is 9.23. The summed E-state index contributed by atoms with van der Waals surface area (Å²) in [6, 6.07) is 8.12. The normalized spacial score (nSPS) is 16.9. The molecule has 19 heavy (non-hydrogen) atoms. The predicted molar refractivity (Wildman–Crippen MR) is 69.0 cm³/mol. The zero-order chi connectivity index (χ0) is 13.3. The van der Waals surface area contributed by atoms with Crippen molar-refractivity contribution >= 4 is 0 Å². The summed E-state index contributed by atoms with van der Waals surface area (Å²) in [6.45, 7) is 1.52. The lowest BCUT2D eigenvalue weighted by atomic mass is 9.85. The molecule has 1 aromatic heterocycles. The quantitative estimate of drug-likeness (QED) is 0.907. The maximum absolute atomic E-state index is 13.2. The Labute approximate surface area is 110 Å². The van der Waals surface area contributed by atoms with Crippen LogP contribution in [0.3, 0.4) is 0 Å². The fourth-order valence-electron chi connectivity index (χ4n) is 2.11. The summed E-state index contributed by atoms with van der Waals surface area (Å²) in [5.74, 6) is 0.390. The molecular weight excluding hydrogens is 245 g/mol. The van der Waals surface area contributed by atoms with Gasteiger partial charge in [0.2, 0.25) is 0 Å². The van der Waals surface area contributed by atoms with Gasteiger partial charge in [-0.3, -0.25) is 0 Å². The van der Waals surface area contributed by atoms with Crippen LogP contribution in [-0.4, -0.2) is 29.7 Å². The van der Waals surface area contributed by atoms with Crippen LogP contribution in [-0.2, 0) is 10.2 Å².